The standard InChI is InChI=1S/C16H26N2O4/c1-11(19)17-15(13-4-2-3-5-13)16(22)18-8-6-12(7-9-18)10-14(20)21/h12-13,15H,2-10H2,1H3,(H,17,19)(H,20,21). The molecule has 0 aromatic carbocycles. The highest BCUT2D eigenvalue weighted by atomic mass is 16.4. The first-order valence-corrected chi connectivity index (χ1v) is 8.25. The average Bonchev–Trinajstić information content (AvgIpc) is 2.98. The molecule has 2 amide bonds. The first-order valence-electron chi connectivity index (χ1n) is 8.25. The summed E-state index contributed by atoms with van der Waals surface area (Å²) in [6.45, 7) is 2.65. The van der Waals surface area contributed by atoms with E-state index in [-0.39, 0.29) is 30.1 Å². The Kier molecular flexibility index (Phi) is 5.80. The molecule has 0 spiro atoms. The zero-order valence-electron chi connectivity index (χ0n) is 13.2. The number of likely N-dealkylation sites (tertiary alicyclic amines) is 1. The van der Waals surface area contributed by atoms with Gasteiger partial charge < -0.3 is 15.3 Å². The summed E-state index contributed by atoms with van der Waals surface area (Å²) in [5.74, 6) is -0.519. The number of rotatable bonds is 5. The molecule has 1 atom stereocenters. The van der Waals surface area contributed by atoms with Crippen LogP contribution in [0.2, 0.25) is 0 Å². The summed E-state index contributed by atoms with van der Waals surface area (Å²) in [7, 11) is 0. The zero-order valence-corrected chi connectivity index (χ0v) is 13.2. The third-order valence-electron chi connectivity index (χ3n) is 4.89. The minimum absolute atomic E-state index is 0.0101. The predicted octanol–water partition coefficient (Wildman–Crippen LogP) is 1.39. The molecule has 6 heteroatoms. The Hall–Kier alpha value is -1.59. The summed E-state index contributed by atoms with van der Waals surface area (Å²) >= 11 is 0. The highest BCUT2D eigenvalue weighted by molar-refractivity contribution is 5.87. The lowest BCUT2D eigenvalue weighted by molar-refractivity contribution is -0.140. The van der Waals surface area contributed by atoms with E-state index >= 15 is 0 Å². The van der Waals surface area contributed by atoms with Crippen LogP contribution in [0, 0.1) is 11.8 Å². The molecule has 2 fully saturated rings. The largest absolute Gasteiger partial charge is 0.481 e. The van der Waals surface area contributed by atoms with Crippen molar-refractivity contribution in [3.8, 4) is 0 Å². The van der Waals surface area contributed by atoms with Gasteiger partial charge in [-0.25, -0.2) is 0 Å². The smallest absolute Gasteiger partial charge is 0.303 e. The SMILES string of the molecule is CC(=O)NC(C(=O)N1CCC(CC(=O)O)CC1)C1CCCC1. The van der Waals surface area contributed by atoms with Gasteiger partial charge in [0.2, 0.25) is 11.8 Å². The lowest BCUT2D eigenvalue weighted by Gasteiger charge is -2.35. The van der Waals surface area contributed by atoms with Crippen LogP contribution in [0.1, 0.15) is 51.9 Å². The monoisotopic (exact) mass is 310 g/mol. The van der Waals surface area contributed by atoms with Crippen LogP contribution in [0.3, 0.4) is 0 Å². The van der Waals surface area contributed by atoms with Crippen LogP contribution in [0.4, 0.5) is 0 Å². The van der Waals surface area contributed by atoms with Crippen molar-refractivity contribution in [1.29, 1.82) is 0 Å². The molecule has 2 rings (SSSR count). The second-order valence-corrected chi connectivity index (χ2v) is 6.59. The van der Waals surface area contributed by atoms with E-state index in [1.54, 1.807) is 4.90 Å². The van der Waals surface area contributed by atoms with Crippen molar-refractivity contribution in [1.82, 2.24) is 10.2 Å². The average molecular weight is 310 g/mol. The first kappa shape index (κ1) is 16.8. The van der Waals surface area contributed by atoms with E-state index in [9.17, 15) is 14.4 Å². The van der Waals surface area contributed by atoms with Gasteiger partial charge in [-0.1, -0.05) is 12.8 Å². The Morgan fingerprint density at radius 3 is 2.23 bits per heavy atom. The summed E-state index contributed by atoms with van der Waals surface area (Å²) in [6.07, 6.45) is 5.87. The molecule has 2 N–H and O–H groups in total. The predicted molar refractivity (Wildman–Crippen MR) is 81.1 cm³/mol. The summed E-state index contributed by atoms with van der Waals surface area (Å²) in [6, 6.07) is -0.406. The number of carboxylic acids is 1. The molecular formula is C16H26N2O4. The van der Waals surface area contributed by atoms with Crippen LogP contribution >= 0.6 is 0 Å². The van der Waals surface area contributed by atoms with Crippen molar-refractivity contribution in [2.45, 2.75) is 57.9 Å². The van der Waals surface area contributed by atoms with Gasteiger partial charge in [-0.3, -0.25) is 14.4 Å². The summed E-state index contributed by atoms with van der Waals surface area (Å²) in [5, 5.41) is 11.7. The van der Waals surface area contributed by atoms with Gasteiger partial charge in [-0.05, 0) is 37.5 Å². The zero-order chi connectivity index (χ0) is 16.1. The molecule has 22 heavy (non-hydrogen) atoms. The molecule has 0 aromatic rings. The van der Waals surface area contributed by atoms with Crippen molar-refractivity contribution in [2.24, 2.45) is 11.8 Å². The molecule has 1 saturated carbocycles. The van der Waals surface area contributed by atoms with Gasteiger partial charge in [0, 0.05) is 26.4 Å². The van der Waals surface area contributed by atoms with Crippen LogP contribution in [0.15, 0.2) is 0 Å². The minimum atomic E-state index is -0.771. The minimum Gasteiger partial charge on any atom is -0.481 e. The van der Waals surface area contributed by atoms with Crippen molar-refractivity contribution in [2.75, 3.05) is 13.1 Å². The molecular weight excluding hydrogens is 284 g/mol. The van der Waals surface area contributed by atoms with Gasteiger partial charge in [0.25, 0.3) is 0 Å². The third-order valence-corrected chi connectivity index (χ3v) is 4.89. The fourth-order valence-electron chi connectivity index (χ4n) is 3.69. The number of nitrogens with one attached hydrogen (secondary N) is 1. The molecule has 0 bridgehead atoms. The van der Waals surface area contributed by atoms with Crippen LogP contribution in [0.25, 0.3) is 0 Å². The molecule has 1 unspecified atom stereocenters. The molecule has 0 radical (unpaired) electrons. The van der Waals surface area contributed by atoms with Crippen LogP contribution < -0.4 is 5.32 Å². The molecule has 0 aromatic heterocycles. The van der Waals surface area contributed by atoms with E-state index in [2.05, 4.69) is 5.32 Å². The number of aliphatic carboxylic acids is 1. The van der Waals surface area contributed by atoms with Crippen molar-refractivity contribution < 1.29 is 19.5 Å². The van der Waals surface area contributed by atoms with Gasteiger partial charge in [0.1, 0.15) is 6.04 Å². The number of amides is 2. The van der Waals surface area contributed by atoms with Gasteiger partial charge >= 0.3 is 5.97 Å². The molecule has 124 valence electrons. The van der Waals surface area contributed by atoms with E-state index in [4.69, 9.17) is 5.11 Å². The molecule has 1 saturated heterocycles. The number of carbonyl (C=O) groups is 3. The van der Waals surface area contributed by atoms with Crippen molar-refractivity contribution in [3.63, 3.8) is 0 Å². The normalized spacial score (nSPS) is 21.6. The van der Waals surface area contributed by atoms with E-state index < -0.39 is 12.0 Å². The summed E-state index contributed by atoms with van der Waals surface area (Å²) < 4.78 is 0. The van der Waals surface area contributed by atoms with Crippen molar-refractivity contribution >= 4 is 17.8 Å². The Bertz CT molecular complexity index is 424. The van der Waals surface area contributed by atoms with E-state index in [0.717, 1.165) is 38.5 Å². The fourth-order valence-corrected chi connectivity index (χ4v) is 3.69. The second kappa shape index (κ2) is 7.61. The summed E-state index contributed by atoms with van der Waals surface area (Å²) in [4.78, 5) is 36.7. The van der Waals surface area contributed by atoms with Gasteiger partial charge in [-0.15, -0.1) is 0 Å². The molecule has 6 nitrogen and oxygen atoms in total. The van der Waals surface area contributed by atoms with Crippen LogP contribution in [0.5, 0.6) is 0 Å². The Labute approximate surface area is 131 Å². The van der Waals surface area contributed by atoms with E-state index in [1.807, 2.05) is 0 Å². The summed E-state index contributed by atoms with van der Waals surface area (Å²) in [5.41, 5.74) is 0. The maximum Gasteiger partial charge on any atom is 0.303 e. The molecule has 1 aliphatic heterocycles. The maximum atomic E-state index is 12.7. The van der Waals surface area contributed by atoms with E-state index in [0.29, 0.717) is 13.1 Å². The third kappa shape index (κ3) is 4.45. The number of carbonyl (C=O) groups excluding carboxylic acids is 2. The van der Waals surface area contributed by atoms with Gasteiger partial charge in [-0.2, -0.15) is 0 Å². The quantitative estimate of drug-likeness (QED) is 0.803. The topological polar surface area (TPSA) is 86.7 Å². The van der Waals surface area contributed by atoms with Gasteiger partial charge in [0.15, 0.2) is 0 Å². The van der Waals surface area contributed by atoms with E-state index in [1.165, 1.54) is 6.92 Å². The lowest BCUT2D eigenvalue weighted by Crippen LogP contribution is -2.53. The first-order chi connectivity index (χ1) is 10.5. The van der Waals surface area contributed by atoms with Crippen LogP contribution in [-0.2, 0) is 14.4 Å². The number of hydrogen-bond donors (Lipinski definition) is 2. The second-order valence-electron chi connectivity index (χ2n) is 6.59. The molecule has 2 aliphatic rings. The van der Waals surface area contributed by atoms with Crippen LogP contribution in [-0.4, -0.2) is 46.9 Å². The van der Waals surface area contributed by atoms with Gasteiger partial charge in [0.05, 0.1) is 0 Å². The Balaban J connectivity index is 1.93. The highest BCUT2D eigenvalue weighted by Gasteiger charge is 2.35. The fraction of sp³-hybridized carbons (Fsp3) is 0.812. The number of piperidine rings is 1. The lowest BCUT2D eigenvalue weighted by atomic mass is 9.91. The highest BCUT2D eigenvalue weighted by Crippen LogP contribution is 2.30. The number of nitrogens with zero attached hydrogens (tertiary/aromatic N) is 1. The number of carboxylic acid groups (broad SMARTS) is 1. The Morgan fingerprint density at radius 2 is 1.73 bits per heavy atom. The number of hydrogen-bond acceptors (Lipinski definition) is 3. The molecule has 1 aliphatic carbocycles. The van der Waals surface area contributed by atoms with Crippen molar-refractivity contribution in [3.05, 3.63) is 0 Å². The maximum absolute atomic E-state index is 12.7. The molecule has 1 heterocycles. The Morgan fingerprint density at radius 1 is 1.14 bits per heavy atom.